The highest BCUT2D eigenvalue weighted by atomic mass is 32.2. The van der Waals surface area contributed by atoms with Gasteiger partial charge in [0, 0.05) is 41.2 Å². The molecule has 0 aromatic heterocycles. The van der Waals surface area contributed by atoms with Crippen LogP contribution in [0, 0.1) is 6.92 Å². The Morgan fingerprint density at radius 2 is 1.59 bits per heavy atom. The molecule has 1 atom stereocenters. The highest BCUT2D eigenvalue weighted by Crippen LogP contribution is 2.31. The first kappa shape index (κ1) is 27.3. The average molecular weight is 549 g/mol. The second-order valence-electron chi connectivity index (χ2n) is 10.4. The smallest absolute Gasteiger partial charge is 0.255 e. The quantitative estimate of drug-likeness (QED) is 0.462. The monoisotopic (exact) mass is 548 g/mol. The van der Waals surface area contributed by atoms with E-state index < -0.39 is 10.0 Å². The average Bonchev–Trinajstić information content (AvgIpc) is 3.42. The van der Waals surface area contributed by atoms with Crippen molar-refractivity contribution in [3.8, 4) is 0 Å². The third-order valence-corrected chi connectivity index (χ3v) is 9.57. The maximum absolute atomic E-state index is 13.5. The van der Waals surface area contributed by atoms with Gasteiger partial charge in [0.25, 0.3) is 5.91 Å². The summed E-state index contributed by atoms with van der Waals surface area (Å²) in [5.41, 5.74) is 1.99. The van der Waals surface area contributed by atoms with Crippen LogP contribution in [0.2, 0.25) is 0 Å². The van der Waals surface area contributed by atoms with Gasteiger partial charge >= 0.3 is 0 Å². The van der Waals surface area contributed by atoms with Crippen LogP contribution in [0.5, 0.6) is 0 Å². The van der Waals surface area contributed by atoms with Crippen LogP contribution in [-0.4, -0.2) is 68.3 Å². The van der Waals surface area contributed by atoms with Crippen molar-refractivity contribution in [3.63, 3.8) is 0 Å². The van der Waals surface area contributed by atoms with Gasteiger partial charge in [-0.2, -0.15) is 0 Å². The van der Waals surface area contributed by atoms with E-state index >= 15 is 0 Å². The van der Waals surface area contributed by atoms with Gasteiger partial charge in [-0.05, 0) is 69.5 Å². The lowest BCUT2D eigenvalue weighted by Gasteiger charge is -2.35. The van der Waals surface area contributed by atoms with Crippen molar-refractivity contribution in [1.82, 2.24) is 14.5 Å². The molecule has 2 saturated heterocycles. The number of hydrogen-bond acceptors (Lipinski definition) is 5. The molecule has 0 bridgehead atoms. The van der Waals surface area contributed by atoms with Crippen molar-refractivity contribution in [3.05, 3.63) is 71.8 Å². The van der Waals surface area contributed by atoms with Crippen molar-refractivity contribution in [1.29, 1.82) is 0 Å². The lowest BCUT2D eigenvalue weighted by Crippen LogP contribution is -2.51. The minimum atomic E-state index is -3.83. The number of aryl methyl sites for hydroxylation is 1. The van der Waals surface area contributed by atoms with Gasteiger partial charge in [0.2, 0.25) is 15.9 Å². The fourth-order valence-electron chi connectivity index (χ4n) is 5.83. The molecule has 39 heavy (non-hydrogen) atoms. The highest BCUT2D eigenvalue weighted by molar-refractivity contribution is 7.89. The van der Waals surface area contributed by atoms with Crippen LogP contribution in [0.15, 0.2) is 65.6 Å². The molecule has 2 aliphatic rings. The summed E-state index contributed by atoms with van der Waals surface area (Å²) in [5, 5.41) is 4.15. The zero-order valence-electron chi connectivity index (χ0n) is 22.5. The number of amides is 2. The van der Waals surface area contributed by atoms with Crippen LogP contribution in [0.4, 0.5) is 5.69 Å². The fraction of sp³-hybridized carbons (Fsp3) is 0.400. The predicted molar refractivity (Wildman–Crippen MR) is 153 cm³/mol. The Balaban J connectivity index is 1.29. The molecular formula is C30H36N4O4S. The third-order valence-electron chi connectivity index (χ3n) is 7.99. The molecule has 0 saturated carbocycles. The second kappa shape index (κ2) is 11.5. The second-order valence-corrected chi connectivity index (χ2v) is 12.1. The number of nitrogens with one attached hydrogen (secondary N) is 2. The number of carbonyl (C=O) groups excluding carboxylic acids is 2. The summed E-state index contributed by atoms with van der Waals surface area (Å²) in [6.07, 6.45) is 3.09. The van der Waals surface area contributed by atoms with Crippen molar-refractivity contribution < 1.29 is 18.0 Å². The number of fused-ring (bicyclic) bond motifs is 1. The number of sulfonamides is 1. The number of anilines is 1. The van der Waals surface area contributed by atoms with Crippen LogP contribution in [0.1, 0.15) is 48.5 Å². The van der Waals surface area contributed by atoms with E-state index in [-0.39, 0.29) is 28.8 Å². The molecule has 3 aromatic rings. The van der Waals surface area contributed by atoms with Gasteiger partial charge in [0.1, 0.15) is 0 Å². The maximum atomic E-state index is 13.5. The summed E-state index contributed by atoms with van der Waals surface area (Å²) in [6.45, 7) is 6.89. The summed E-state index contributed by atoms with van der Waals surface area (Å²) in [5.74, 6) is -0.0714. The summed E-state index contributed by atoms with van der Waals surface area (Å²) < 4.78 is 30.0. The maximum Gasteiger partial charge on any atom is 0.255 e. The third kappa shape index (κ3) is 5.71. The number of benzene rings is 3. The molecule has 2 N–H and O–H groups in total. The number of likely N-dealkylation sites (tertiary alicyclic amines) is 2. The summed E-state index contributed by atoms with van der Waals surface area (Å²) in [4.78, 5) is 30.3. The molecule has 0 radical (unpaired) electrons. The first-order valence-electron chi connectivity index (χ1n) is 13.7. The van der Waals surface area contributed by atoms with Crippen LogP contribution >= 0.6 is 0 Å². The minimum absolute atomic E-state index is 0.0422. The lowest BCUT2D eigenvalue weighted by molar-refractivity contribution is -0.137. The van der Waals surface area contributed by atoms with E-state index in [1.165, 1.54) is 0 Å². The Morgan fingerprint density at radius 3 is 2.31 bits per heavy atom. The molecule has 2 heterocycles. The first-order chi connectivity index (χ1) is 18.8. The number of nitrogens with zero attached hydrogens (tertiary/aromatic N) is 2. The Morgan fingerprint density at radius 1 is 0.897 bits per heavy atom. The Kier molecular flexibility index (Phi) is 8.02. The van der Waals surface area contributed by atoms with Crippen molar-refractivity contribution in [2.24, 2.45) is 0 Å². The summed E-state index contributed by atoms with van der Waals surface area (Å²) >= 11 is 0. The van der Waals surface area contributed by atoms with E-state index in [1.807, 2.05) is 42.2 Å². The number of hydrogen-bond donors (Lipinski definition) is 2. The minimum Gasteiger partial charge on any atom is -0.341 e. The predicted octanol–water partition coefficient (Wildman–Crippen LogP) is 4.15. The van der Waals surface area contributed by atoms with Gasteiger partial charge in [-0.3, -0.25) is 14.5 Å². The van der Waals surface area contributed by atoms with Gasteiger partial charge in [0.15, 0.2) is 0 Å². The molecule has 206 valence electrons. The Bertz CT molecular complexity index is 1480. The molecule has 8 nitrogen and oxygen atoms in total. The SMILES string of the molecule is CCN1CCC[C@H]1C(=O)N1CCC(NS(=O)(=O)c2ccc(NC(=O)c3ccccc3C)c3ccccc23)CC1. The molecule has 5 rings (SSSR count). The fourth-order valence-corrected chi connectivity index (χ4v) is 7.34. The largest absolute Gasteiger partial charge is 0.341 e. The van der Waals surface area contributed by atoms with Crippen LogP contribution in [0.3, 0.4) is 0 Å². The molecule has 0 spiro atoms. The molecule has 0 unspecified atom stereocenters. The molecule has 2 fully saturated rings. The topological polar surface area (TPSA) is 98.8 Å². The van der Waals surface area contributed by atoms with E-state index in [9.17, 15) is 18.0 Å². The molecule has 0 aliphatic carbocycles. The van der Waals surface area contributed by atoms with E-state index in [1.54, 1.807) is 30.3 Å². The van der Waals surface area contributed by atoms with E-state index in [0.717, 1.165) is 31.5 Å². The first-order valence-corrected chi connectivity index (χ1v) is 15.2. The van der Waals surface area contributed by atoms with Crippen molar-refractivity contribution in [2.45, 2.75) is 56.5 Å². The molecule has 2 amide bonds. The number of rotatable bonds is 7. The Labute approximate surface area is 230 Å². The molecule has 2 aliphatic heterocycles. The normalized spacial score (nSPS) is 18.9. The molecular weight excluding hydrogens is 512 g/mol. The van der Waals surface area contributed by atoms with Gasteiger partial charge in [0.05, 0.1) is 10.9 Å². The standard InChI is InChI=1S/C30H36N4O4S/c1-3-33-18-8-13-27(33)30(36)34-19-16-22(17-20-34)32-39(37,38)28-15-14-26(24-11-6-7-12-25(24)28)31-29(35)23-10-5-4-9-21(23)2/h4-7,9-12,14-15,22,27,32H,3,8,13,16-20H2,1-2H3,(H,31,35)/t27-/m0/s1. The van der Waals surface area contributed by atoms with Gasteiger partial charge in [-0.25, -0.2) is 13.1 Å². The van der Waals surface area contributed by atoms with Crippen molar-refractivity contribution >= 4 is 38.3 Å². The van der Waals surface area contributed by atoms with Gasteiger partial charge in [-0.1, -0.05) is 49.4 Å². The summed E-state index contributed by atoms with van der Waals surface area (Å²) in [7, 11) is -3.83. The zero-order chi connectivity index (χ0) is 27.6. The number of carbonyl (C=O) groups is 2. The van der Waals surface area contributed by atoms with Crippen LogP contribution in [0.25, 0.3) is 10.8 Å². The highest BCUT2D eigenvalue weighted by Gasteiger charge is 2.35. The summed E-state index contributed by atoms with van der Waals surface area (Å²) in [6, 6.07) is 17.4. The van der Waals surface area contributed by atoms with E-state index in [4.69, 9.17) is 0 Å². The van der Waals surface area contributed by atoms with Crippen LogP contribution in [-0.2, 0) is 14.8 Å². The van der Waals surface area contributed by atoms with Gasteiger partial charge in [-0.15, -0.1) is 0 Å². The lowest BCUT2D eigenvalue weighted by atomic mass is 10.0. The number of likely N-dealkylation sites (N-methyl/N-ethyl adjacent to an activating group) is 1. The zero-order valence-corrected chi connectivity index (χ0v) is 23.3. The van der Waals surface area contributed by atoms with E-state index in [0.29, 0.717) is 48.0 Å². The molecule has 3 aromatic carbocycles. The Hall–Kier alpha value is -3.27. The van der Waals surface area contributed by atoms with Crippen molar-refractivity contribution in [2.75, 3.05) is 31.5 Å². The van der Waals surface area contributed by atoms with Gasteiger partial charge < -0.3 is 10.2 Å². The van der Waals surface area contributed by atoms with Crippen LogP contribution < -0.4 is 10.0 Å². The molecule has 9 heteroatoms. The van der Waals surface area contributed by atoms with E-state index in [2.05, 4.69) is 21.9 Å². The number of piperidine rings is 1.